The lowest BCUT2D eigenvalue weighted by Crippen LogP contribution is -2.28. The third-order valence-electron chi connectivity index (χ3n) is 3.86. The number of hydrogen-bond donors (Lipinski definition) is 0. The highest BCUT2D eigenvalue weighted by atomic mass is 16.6. The summed E-state index contributed by atoms with van der Waals surface area (Å²) in [6, 6.07) is 7.05. The number of esters is 4. The van der Waals surface area contributed by atoms with Crippen molar-refractivity contribution >= 4 is 23.9 Å². The van der Waals surface area contributed by atoms with E-state index in [0.29, 0.717) is 5.56 Å². The van der Waals surface area contributed by atoms with Crippen molar-refractivity contribution in [2.24, 2.45) is 11.8 Å². The fourth-order valence-electron chi connectivity index (χ4n) is 2.79. The standard InChI is InChI=1S/C15H12O6/c1-7-2-4-8(5-3-7)11-12(15(19)21-14(11)18)9-6-10(16)20-13(9)17/h2-5,9,11-12H,6H2,1H3. The molecule has 108 valence electrons. The molecule has 0 N–H and O–H groups in total. The van der Waals surface area contributed by atoms with Crippen molar-refractivity contribution in [3.63, 3.8) is 0 Å². The average Bonchev–Trinajstić information content (AvgIpc) is 2.89. The molecule has 21 heavy (non-hydrogen) atoms. The van der Waals surface area contributed by atoms with Crippen LogP contribution in [0.2, 0.25) is 0 Å². The molecule has 1 aromatic rings. The van der Waals surface area contributed by atoms with Crippen molar-refractivity contribution in [1.29, 1.82) is 0 Å². The molecule has 6 heteroatoms. The summed E-state index contributed by atoms with van der Waals surface area (Å²) in [4.78, 5) is 46.8. The summed E-state index contributed by atoms with van der Waals surface area (Å²) in [6.07, 6.45) is -0.200. The molecule has 0 bridgehead atoms. The largest absolute Gasteiger partial charge is 0.393 e. The molecule has 2 aliphatic heterocycles. The van der Waals surface area contributed by atoms with Gasteiger partial charge in [-0.15, -0.1) is 0 Å². The number of carbonyl (C=O) groups is 4. The maximum atomic E-state index is 11.9. The molecule has 2 fully saturated rings. The van der Waals surface area contributed by atoms with Gasteiger partial charge in [0.1, 0.15) is 0 Å². The summed E-state index contributed by atoms with van der Waals surface area (Å²) in [6.45, 7) is 1.90. The fourth-order valence-corrected chi connectivity index (χ4v) is 2.79. The topological polar surface area (TPSA) is 86.7 Å². The normalized spacial score (nSPS) is 28.7. The van der Waals surface area contributed by atoms with Crippen molar-refractivity contribution in [1.82, 2.24) is 0 Å². The molecule has 0 saturated carbocycles. The number of hydrogen-bond acceptors (Lipinski definition) is 6. The first-order chi connectivity index (χ1) is 9.97. The lowest BCUT2D eigenvalue weighted by molar-refractivity contribution is -0.158. The zero-order valence-corrected chi connectivity index (χ0v) is 11.2. The van der Waals surface area contributed by atoms with E-state index in [9.17, 15) is 19.2 Å². The third-order valence-corrected chi connectivity index (χ3v) is 3.86. The van der Waals surface area contributed by atoms with Gasteiger partial charge in [-0.2, -0.15) is 0 Å². The van der Waals surface area contributed by atoms with E-state index in [1.807, 2.05) is 6.92 Å². The van der Waals surface area contributed by atoms with E-state index in [-0.39, 0.29) is 6.42 Å². The minimum atomic E-state index is -1.00. The summed E-state index contributed by atoms with van der Waals surface area (Å²) >= 11 is 0. The molecule has 0 aromatic heterocycles. The number of rotatable bonds is 2. The molecule has 2 saturated heterocycles. The van der Waals surface area contributed by atoms with Crippen LogP contribution in [0.1, 0.15) is 23.5 Å². The molecule has 2 aliphatic rings. The molecule has 0 aliphatic carbocycles. The van der Waals surface area contributed by atoms with Gasteiger partial charge in [0.15, 0.2) is 0 Å². The average molecular weight is 288 g/mol. The van der Waals surface area contributed by atoms with E-state index in [4.69, 9.17) is 0 Å². The van der Waals surface area contributed by atoms with Gasteiger partial charge in [0.25, 0.3) is 0 Å². The molecule has 6 nitrogen and oxygen atoms in total. The lowest BCUT2D eigenvalue weighted by atomic mass is 9.78. The number of benzene rings is 1. The highest BCUT2D eigenvalue weighted by Crippen LogP contribution is 2.41. The molecule has 0 spiro atoms. The van der Waals surface area contributed by atoms with E-state index >= 15 is 0 Å². The molecule has 2 heterocycles. The zero-order valence-electron chi connectivity index (χ0n) is 11.2. The van der Waals surface area contributed by atoms with E-state index < -0.39 is 41.6 Å². The van der Waals surface area contributed by atoms with Crippen LogP contribution in [0.25, 0.3) is 0 Å². The molecular weight excluding hydrogens is 276 g/mol. The van der Waals surface area contributed by atoms with Crippen LogP contribution in [-0.2, 0) is 28.7 Å². The van der Waals surface area contributed by atoms with Gasteiger partial charge in [-0.05, 0) is 12.5 Å². The zero-order chi connectivity index (χ0) is 15.1. The van der Waals surface area contributed by atoms with Crippen molar-refractivity contribution < 1.29 is 28.7 Å². The summed E-state index contributed by atoms with van der Waals surface area (Å²) in [5.74, 6) is -5.75. The Bertz CT molecular complexity index is 645. The fraction of sp³-hybridized carbons (Fsp3) is 0.333. The second-order valence-corrected chi connectivity index (χ2v) is 5.26. The maximum Gasteiger partial charge on any atom is 0.321 e. The van der Waals surface area contributed by atoms with Crippen LogP contribution >= 0.6 is 0 Å². The summed E-state index contributed by atoms with van der Waals surface area (Å²) in [5.41, 5.74) is 1.59. The smallest absolute Gasteiger partial charge is 0.321 e. The molecule has 1 aromatic carbocycles. The SMILES string of the molecule is Cc1ccc(C2C(=O)OC(=O)C2C2CC(=O)OC2=O)cc1. The molecule has 0 radical (unpaired) electrons. The van der Waals surface area contributed by atoms with Gasteiger partial charge in [0.05, 0.1) is 24.2 Å². The lowest BCUT2D eigenvalue weighted by Gasteiger charge is -2.16. The Labute approximate surface area is 120 Å². The van der Waals surface area contributed by atoms with Gasteiger partial charge in [0.2, 0.25) is 0 Å². The van der Waals surface area contributed by atoms with E-state index in [0.717, 1.165) is 5.56 Å². The van der Waals surface area contributed by atoms with Crippen LogP contribution in [0, 0.1) is 18.8 Å². The number of aryl methyl sites for hydroxylation is 1. The maximum absolute atomic E-state index is 11.9. The predicted molar refractivity (Wildman–Crippen MR) is 67.7 cm³/mol. The van der Waals surface area contributed by atoms with Gasteiger partial charge in [-0.25, -0.2) is 0 Å². The van der Waals surface area contributed by atoms with Gasteiger partial charge in [0, 0.05) is 0 Å². The van der Waals surface area contributed by atoms with Crippen LogP contribution in [0.5, 0.6) is 0 Å². The predicted octanol–water partition coefficient (Wildman–Crippen LogP) is 0.868. The minimum Gasteiger partial charge on any atom is -0.393 e. The first-order valence-electron chi connectivity index (χ1n) is 6.54. The van der Waals surface area contributed by atoms with E-state index in [1.54, 1.807) is 24.3 Å². The van der Waals surface area contributed by atoms with Crippen molar-refractivity contribution in [3.8, 4) is 0 Å². The van der Waals surface area contributed by atoms with E-state index in [1.165, 1.54) is 0 Å². The summed E-state index contributed by atoms with van der Waals surface area (Å²) in [7, 11) is 0. The van der Waals surface area contributed by atoms with Crippen LogP contribution in [0.3, 0.4) is 0 Å². The Kier molecular flexibility index (Phi) is 3.08. The van der Waals surface area contributed by atoms with Crippen molar-refractivity contribution in [2.45, 2.75) is 19.3 Å². The van der Waals surface area contributed by atoms with Gasteiger partial charge >= 0.3 is 23.9 Å². The molecule has 3 atom stereocenters. The highest BCUT2D eigenvalue weighted by Gasteiger charge is 2.54. The Morgan fingerprint density at radius 1 is 0.905 bits per heavy atom. The van der Waals surface area contributed by atoms with Crippen molar-refractivity contribution in [3.05, 3.63) is 35.4 Å². The van der Waals surface area contributed by atoms with Crippen LogP contribution in [-0.4, -0.2) is 23.9 Å². The summed E-state index contributed by atoms with van der Waals surface area (Å²) < 4.78 is 9.15. The quantitative estimate of drug-likeness (QED) is 0.592. The van der Waals surface area contributed by atoms with Crippen LogP contribution in [0.4, 0.5) is 0 Å². The molecule has 3 unspecified atom stereocenters. The number of carbonyl (C=O) groups excluding carboxylic acids is 4. The molecular formula is C15H12O6. The summed E-state index contributed by atoms with van der Waals surface area (Å²) in [5, 5.41) is 0. The monoisotopic (exact) mass is 288 g/mol. The number of cyclic esters (lactones) is 4. The second kappa shape index (κ2) is 4.80. The third kappa shape index (κ3) is 2.22. The Morgan fingerprint density at radius 3 is 2.14 bits per heavy atom. The molecule has 0 amide bonds. The van der Waals surface area contributed by atoms with Crippen LogP contribution in [0.15, 0.2) is 24.3 Å². The van der Waals surface area contributed by atoms with Gasteiger partial charge in [-0.1, -0.05) is 29.8 Å². The van der Waals surface area contributed by atoms with Crippen molar-refractivity contribution in [2.75, 3.05) is 0 Å². The first kappa shape index (κ1) is 13.5. The van der Waals surface area contributed by atoms with Crippen LogP contribution < -0.4 is 0 Å². The molecule has 3 rings (SSSR count). The second-order valence-electron chi connectivity index (χ2n) is 5.26. The first-order valence-corrected chi connectivity index (χ1v) is 6.54. The highest BCUT2D eigenvalue weighted by molar-refractivity contribution is 6.04. The van der Waals surface area contributed by atoms with Gasteiger partial charge in [-0.3, -0.25) is 19.2 Å². The van der Waals surface area contributed by atoms with E-state index in [2.05, 4.69) is 9.47 Å². The Hall–Kier alpha value is -2.50. The number of ether oxygens (including phenoxy) is 2. The Morgan fingerprint density at radius 2 is 1.57 bits per heavy atom. The Balaban J connectivity index is 1.98. The van der Waals surface area contributed by atoms with Gasteiger partial charge < -0.3 is 9.47 Å². The minimum absolute atomic E-state index is 0.200.